The minimum atomic E-state index is 0.369. The molecule has 0 atom stereocenters. The summed E-state index contributed by atoms with van der Waals surface area (Å²) < 4.78 is 5.55. The third-order valence-corrected chi connectivity index (χ3v) is 3.80. The Balaban J connectivity index is 1.98. The smallest absolute Gasteiger partial charge is 0.0518 e. The van der Waals surface area contributed by atoms with E-state index in [1.165, 1.54) is 44.3 Å². The van der Waals surface area contributed by atoms with E-state index in [1.807, 2.05) is 0 Å². The highest BCUT2D eigenvalue weighted by atomic mass is 16.5. The lowest BCUT2D eigenvalue weighted by atomic mass is 10.0. The summed E-state index contributed by atoms with van der Waals surface area (Å²) in [5, 5.41) is 3.70. The van der Waals surface area contributed by atoms with E-state index in [2.05, 4.69) is 44.0 Å². The van der Waals surface area contributed by atoms with Crippen molar-refractivity contribution in [3.05, 3.63) is 11.6 Å². The Hall–Kier alpha value is -0.380. The topological polar surface area (TPSA) is 24.5 Å². The third-order valence-electron chi connectivity index (χ3n) is 3.80. The van der Waals surface area contributed by atoms with Crippen molar-refractivity contribution in [2.24, 2.45) is 0 Å². The van der Waals surface area contributed by atoms with Gasteiger partial charge in [-0.1, -0.05) is 11.6 Å². The van der Waals surface area contributed by atoms with E-state index in [-0.39, 0.29) is 0 Å². The van der Waals surface area contributed by atoms with Gasteiger partial charge >= 0.3 is 0 Å². The SMILES string of the molecule is CC(C)=CCN1CCC(NCCCCOC(C)C)CC1. The first-order valence-electron chi connectivity index (χ1n) is 8.28. The van der Waals surface area contributed by atoms with Gasteiger partial charge < -0.3 is 10.1 Å². The molecule has 1 aliphatic rings. The summed E-state index contributed by atoms with van der Waals surface area (Å²) in [7, 11) is 0. The monoisotopic (exact) mass is 282 g/mol. The van der Waals surface area contributed by atoms with Gasteiger partial charge in [0.05, 0.1) is 6.10 Å². The Labute approximate surface area is 125 Å². The summed E-state index contributed by atoms with van der Waals surface area (Å²) in [6.45, 7) is 14.2. The van der Waals surface area contributed by atoms with Gasteiger partial charge in [-0.15, -0.1) is 0 Å². The van der Waals surface area contributed by atoms with E-state index in [0.717, 1.165) is 25.7 Å². The van der Waals surface area contributed by atoms with Crippen LogP contribution in [0.2, 0.25) is 0 Å². The second kappa shape index (κ2) is 10.4. The normalized spacial score (nSPS) is 17.6. The summed E-state index contributed by atoms with van der Waals surface area (Å²) in [5.74, 6) is 0. The summed E-state index contributed by atoms with van der Waals surface area (Å²) in [5.41, 5.74) is 1.42. The van der Waals surface area contributed by atoms with Crippen molar-refractivity contribution in [1.82, 2.24) is 10.2 Å². The number of ether oxygens (including phenoxy) is 1. The molecule has 0 spiro atoms. The van der Waals surface area contributed by atoms with Gasteiger partial charge in [-0.05, 0) is 73.0 Å². The maximum absolute atomic E-state index is 5.55. The van der Waals surface area contributed by atoms with E-state index in [4.69, 9.17) is 4.74 Å². The lowest BCUT2D eigenvalue weighted by Gasteiger charge is -2.31. The number of nitrogens with zero attached hydrogens (tertiary/aromatic N) is 1. The Bertz CT molecular complexity index is 264. The number of rotatable bonds is 9. The molecule has 3 heteroatoms. The van der Waals surface area contributed by atoms with Crippen molar-refractivity contribution in [3.8, 4) is 0 Å². The molecule has 1 fully saturated rings. The minimum absolute atomic E-state index is 0.369. The Kier molecular flexibility index (Phi) is 9.16. The van der Waals surface area contributed by atoms with E-state index >= 15 is 0 Å². The first-order chi connectivity index (χ1) is 9.58. The van der Waals surface area contributed by atoms with Gasteiger partial charge in [-0.2, -0.15) is 0 Å². The van der Waals surface area contributed by atoms with E-state index in [1.54, 1.807) is 0 Å². The first kappa shape index (κ1) is 17.7. The Morgan fingerprint density at radius 1 is 1.25 bits per heavy atom. The van der Waals surface area contributed by atoms with Crippen LogP contribution < -0.4 is 5.32 Å². The van der Waals surface area contributed by atoms with Crippen molar-refractivity contribution >= 4 is 0 Å². The van der Waals surface area contributed by atoms with Gasteiger partial charge in [-0.3, -0.25) is 4.90 Å². The van der Waals surface area contributed by atoms with Crippen LogP contribution in [0.1, 0.15) is 53.4 Å². The predicted molar refractivity (Wildman–Crippen MR) is 87.2 cm³/mol. The molecule has 0 aliphatic carbocycles. The van der Waals surface area contributed by atoms with Crippen LogP contribution in [0.15, 0.2) is 11.6 Å². The zero-order chi connectivity index (χ0) is 14.8. The first-order valence-corrected chi connectivity index (χ1v) is 8.28. The van der Waals surface area contributed by atoms with E-state index in [0.29, 0.717) is 6.10 Å². The highest BCUT2D eigenvalue weighted by Gasteiger charge is 2.17. The fourth-order valence-electron chi connectivity index (χ4n) is 2.48. The number of allylic oxidation sites excluding steroid dienone is 1. The summed E-state index contributed by atoms with van der Waals surface area (Å²) in [6.07, 6.45) is 7.68. The molecule has 0 aromatic carbocycles. The standard InChI is InChI=1S/C17H34N2O/c1-15(2)7-11-19-12-8-17(9-13-19)18-10-5-6-14-20-16(3)4/h7,16-18H,5-6,8-14H2,1-4H3. The molecule has 0 aromatic heterocycles. The molecule has 0 aromatic rings. The molecule has 118 valence electrons. The van der Waals surface area contributed by atoms with Gasteiger partial charge in [-0.25, -0.2) is 0 Å². The molecule has 0 radical (unpaired) electrons. The van der Waals surface area contributed by atoms with Crippen molar-refractivity contribution in [1.29, 1.82) is 0 Å². The van der Waals surface area contributed by atoms with E-state index in [9.17, 15) is 0 Å². The van der Waals surface area contributed by atoms with Crippen LogP contribution in [-0.2, 0) is 4.74 Å². The van der Waals surface area contributed by atoms with Crippen LogP contribution >= 0.6 is 0 Å². The number of nitrogens with one attached hydrogen (secondary N) is 1. The summed E-state index contributed by atoms with van der Waals surface area (Å²) in [6, 6.07) is 0.726. The quantitative estimate of drug-likeness (QED) is 0.519. The fourth-order valence-corrected chi connectivity index (χ4v) is 2.48. The highest BCUT2D eigenvalue weighted by Crippen LogP contribution is 2.10. The minimum Gasteiger partial charge on any atom is -0.379 e. The van der Waals surface area contributed by atoms with Gasteiger partial charge in [0.2, 0.25) is 0 Å². The molecule has 20 heavy (non-hydrogen) atoms. The summed E-state index contributed by atoms with van der Waals surface area (Å²) in [4.78, 5) is 2.56. The van der Waals surface area contributed by atoms with Crippen LogP contribution in [0.5, 0.6) is 0 Å². The van der Waals surface area contributed by atoms with Crippen LogP contribution in [-0.4, -0.2) is 49.8 Å². The molecule has 0 bridgehead atoms. The van der Waals surface area contributed by atoms with E-state index < -0.39 is 0 Å². The largest absolute Gasteiger partial charge is 0.379 e. The van der Waals surface area contributed by atoms with Crippen molar-refractivity contribution in [3.63, 3.8) is 0 Å². The number of likely N-dealkylation sites (tertiary alicyclic amines) is 1. The highest BCUT2D eigenvalue weighted by molar-refractivity contribution is 4.95. The number of piperidine rings is 1. The van der Waals surface area contributed by atoms with Gasteiger partial charge in [0, 0.05) is 19.2 Å². The van der Waals surface area contributed by atoms with Crippen LogP contribution in [0, 0.1) is 0 Å². The number of unbranched alkanes of at least 4 members (excludes halogenated alkanes) is 1. The molecule has 0 amide bonds. The van der Waals surface area contributed by atoms with Crippen LogP contribution in [0.3, 0.4) is 0 Å². The average Bonchev–Trinajstić information content (AvgIpc) is 2.41. The molecule has 1 saturated heterocycles. The maximum atomic E-state index is 5.55. The molecule has 1 aliphatic heterocycles. The molecule has 0 unspecified atom stereocenters. The van der Waals surface area contributed by atoms with Gasteiger partial charge in [0.25, 0.3) is 0 Å². The van der Waals surface area contributed by atoms with Crippen molar-refractivity contribution in [2.75, 3.05) is 32.8 Å². The predicted octanol–water partition coefficient (Wildman–Crippen LogP) is 3.21. The average molecular weight is 282 g/mol. The molecule has 1 rings (SSSR count). The second-order valence-corrected chi connectivity index (χ2v) is 6.44. The zero-order valence-corrected chi connectivity index (χ0v) is 14.0. The Morgan fingerprint density at radius 2 is 1.95 bits per heavy atom. The van der Waals surface area contributed by atoms with Crippen molar-refractivity contribution in [2.45, 2.75) is 65.5 Å². The van der Waals surface area contributed by atoms with Crippen LogP contribution in [0.4, 0.5) is 0 Å². The van der Waals surface area contributed by atoms with Crippen molar-refractivity contribution < 1.29 is 4.74 Å². The zero-order valence-electron chi connectivity index (χ0n) is 14.0. The molecule has 1 N–H and O–H groups in total. The molecular weight excluding hydrogens is 248 g/mol. The van der Waals surface area contributed by atoms with Crippen LogP contribution in [0.25, 0.3) is 0 Å². The lowest BCUT2D eigenvalue weighted by molar-refractivity contribution is 0.0758. The molecular formula is C17H34N2O. The lowest BCUT2D eigenvalue weighted by Crippen LogP contribution is -2.42. The fraction of sp³-hybridized carbons (Fsp3) is 0.882. The van der Waals surface area contributed by atoms with Gasteiger partial charge in [0.1, 0.15) is 0 Å². The number of hydrogen-bond donors (Lipinski definition) is 1. The Morgan fingerprint density at radius 3 is 2.55 bits per heavy atom. The third kappa shape index (κ3) is 8.72. The second-order valence-electron chi connectivity index (χ2n) is 6.44. The molecule has 3 nitrogen and oxygen atoms in total. The summed E-state index contributed by atoms with van der Waals surface area (Å²) >= 11 is 0. The number of hydrogen-bond acceptors (Lipinski definition) is 3. The maximum Gasteiger partial charge on any atom is 0.0518 e. The molecule has 0 saturated carbocycles. The molecule has 1 heterocycles. The van der Waals surface area contributed by atoms with Gasteiger partial charge in [0.15, 0.2) is 0 Å².